The second-order valence-corrected chi connectivity index (χ2v) is 7.16. The SMILES string of the molecule is CN=C(NCc1ccc(C#N)cc1F)NC1CCN(Cc2ccc(F)cc2)CC1.I. The highest BCUT2D eigenvalue weighted by atomic mass is 127. The second-order valence-electron chi connectivity index (χ2n) is 7.16. The van der Waals surface area contributed by atoms with Gasteiger partial charge in [0.15, 0.2) is 5.96 Å². The summed E-state index contributed by atoms with van der Waals surface area (Å²) < 4.78 is 27.0. The van der Waals surface area contributed by atoms with Gasteiger partial charge in [0, 0.05) is 44.8 Å². The number of aliphatic imine (C=N–C) groups is 1. The monoisotopic (exact) mass is 525 g/mol. The predicted octanol–water partition coefficient (Wildman–Crippen LogP) is 3.78. The molecule has 2 aromatic carbocycles. The summed E-state index contributed by atoms with van der Waals surface area (Å²) in [7, 11) is 1.69. The molecule has 0 aromatic heterocycles. The van der Waals surface area contributed by atoms with Crippen molar-refractivity contribution < 1.29 is 8.78 Å². The molecule has 2 aromatic rings. The van der Waals surface area contributed by atoms with Crippen LogP contribution in [0, 0.1) is 23.0 Å². The van der Waals surface area contributed by atoms with Crippen LogP contribution in [0.4, 0.5) is 8.78 Å². The number of nitrogens with zero attached hydrogens (tertiary/aromatic N) is 3. The molecule has 0 atom stereocenters. The Hall–Kier alpha value is -2.25. The Morgan fingerprint density at radius 2 is 1.87 bits per heavy atom. The molecule has 0 bridgehead atoms. The van der Waals surface area contributed by atoms with Gasteiger partial charge in [0.05, 0.1) is 11.6 Å². The maximum atomic E-state index is 14.0. The van der Waals surface area contributed by atoms with Crippen molar-refractivity contribution in [3.05, 3.63) is 70.8 Å². The first kappa shape index (κ1) is 24.0. The minimum absolute atomic E-state index is 0. The number of likely N-dealkylation sites (tertiary alicyclic amines) is 1. The van der Waals surface area contributed by atoms with Crippen molar-refractivity contribution in [3.8, 4) is 6.07 Å². The zero-order chi connectivity index (χ0) is 20.6. The van der Waals surface area contributed by atoms with E-state index in [0.29, 0.717) is 23.6 Å². The molecule has 0 radical (unpaired) electrons. The lowest BCUT2D eigenvalue weighted by Crippen LogP contribution is -2.48. The Morgan fingerprint density at radius 3 is 2.47 bits per heavy atom. The third-order valence-corrected chi connectivity index (χ3v) is 5.10. The molecule has 1 heterocycles. The molecule has 2 N–H and O–H groups in total. The van der Waals surface area contributed by atoms with E-state index in [2.05, 4.69) is 20.5 Å². The van der Waals surface area contributed by atoms with E-state index in [1.807, 2.05) is 18.2 Å². The fraction of sp³-hybridized carbons (Fsp3) is 0.364. The number of halogens is 3. The van der Waals surface area contributed by atoms with Gasteiger partial charge in [-0.05, 0) is 42.7 Å². The van der Waals surface area contributed by atoms with Gasteiger partial charge in [0.2, 0.25) is 0 Å². The Bertz CT molecular complexity index is 887. The topological polar surface area (TPSA) is 63.5 Å². The van der Waals surface area contributed by atoms with Crippen LogP contribution in [-0.2, 0) is 13.1 Å². The smallest absolute Gasteiger partial charge is 0.191 e. The van der Waals surface area contributed by atoms with Crippen LogP contribution in [0.2, 0.25) is 0 Å². The van der Waals surface area contributed by atoms with Crippen LogP contribution in [-0.4, -0.2) is 37.0 Å². The first-order valence-electron chi connectivity index (χ1n) is 9.70. The molecule has 8 heteroatoms. The van der Waals surface area contributed by atoms with Crippen molar-refractivity contribution in [1.29, 1.82) is 5.26 Å². The second kappa shape index (κ2) is 11.8. The van der Waals surface area contributed by atoms with Crippen molar-refractivity contribution in [1.82, 2.24) is 15.5 Å². The lowest BCUT2D eigenvalue weighted by atomic mass is 10.0. The summed E-state index contributed by atoms with van der Waals surface area (Å²) in [6.07, 6.45) is 1.93. The van der Waals surface area contributed by atoms with Crippen molar-refractivity contribution in [2.75, 3.05) is 20.1 Å². The van der Waals surface area contributed by atoms with Crippen LogP contribution >= 0.6 is 24.0 Å². The van der Waals surface area contributed by atoms with Gasteiger partial charge in [0.1, 0.15) is 11.6 Å². The predicted molar refractivity (Wildman–Crippen MR) is 125 cm³/mol. The molecule has 1 fully saturated rings. The summed E-state index contributed by atoms with van der Waals surface area (Å²) in [5.74, 6) is 0.0169. The number of hydrogen-bond acceptors (Lipinski definition) is 3. The largest absolute Gasteiger partial charge is 0.354 e. The van der Waals surface area contributed by atoms with Crippen LogP contribution in [0.15, 0.2) is 47.5 Å². The molecular formula is C22H26F2IN5. The highest BCUT2D eigenvalue weighted by molar-refractivity contribution is 14.0. The van der Waals surface area contributed by atoms with Crippen LogP contribution in [0.5, 0.6) is 0 Å². The fourth-order valence-electron chi connectivity index (χ4n) is 3.41. The number of guanidine groups is 1. The van der Waals surface area contributed by atoms with Gasteiger partial charge in [-0.2, -0.15) is 5.26 Å². The molecule has 5 nitrogen and oxygen atoms in total. The number of rotatable bonds is 5. The molecule has 3 rings (SSSR count). The summed E-state index contributed by atoms with van der Waals surface area (Å²) in [6.45, 7) is 2.99. The van der Waals surface area contributed by atoms with Gasteiger partial charge < -0.3 is 10.6 Å². The number of piperidine rings is 1. The van der Waals surface area contributed by atoms with Gasteiger partial charge in [-0.25, -0.2) is 8.78 Å². The van der Waals surface area contributed by atoms with Crippen molar-refractivity contribution in [2.45, 2.75) is 32.0 Å². The number of nitrogens with one attached hydrogen (secondary N) is 2. The molecule has 1 aliphatic rings. The van der Waals surface area contributed by atoms with E-state index in [0.717, 1.165) is 38.0 Å². The van der Waals surface area contributed by atoms with Crippen LogP contribution < -0.4 is 10.6 Å². The van der Waals surface area contributed by atoms with Gasteiger partial charge in [0.25, 0.3) is 0 Å². The average molecular weight is 525 g/mol. The van der Waals surface area contributed by atoms with Crippen molar-refractivity contribution in [2.24, 2.45) is 4.99 Å². The average Bonchev–Trinajstić information content (AvgIpc) is 2.74. The molecule has 160 valence electrons. The van der Waals surface area contributed by atoms with Gasteiger partial charge in [-0.15, -0.1) is 24.0 Å². The number of nitriles is 1. The quantitative estimate of drug-likeness (QED) is 0.355. The van der Waals surface area contributed by atoms with E-state index in [1.54, 1.807) is 19.2 Å². The molecular weight excluding hydrogens is 499 g/mol. The third kappa shape index (κ3) is 6.92. The first-order chi connectivity index (χ1) is 14.1. The summed E-state index contributed by atoms with van der Waals surface area (Å²) in [6, 6.07) is 13.3. The minimum Gasteiger partial charge on any atom is -0.354 e. The van der Waals surface area contributed by atoms with Gasteiger partial charge >= 0.3 is 0 Å². The summed E-state index contributed by atoms with van der Waals surface area (Å²) in [5, 5.41) is 15.4. The lowest BCUT2D eigenvalue weighted by molar-refractivity contribution is 0.198. The minimum atomic E-state index is -0.402. The molecule has 1 aliphatic heterocycles. The van der Waals surface area contributed by atoms with Crippen LogP contribution in [0.1, 0.15) is 29.5 Å². The lowest BCUT2D eigenvalue weighted by Gasteiger charge is -2.33. The zero-order valence-electron chi connectivity index (χ0n) is 16.9. The number of hydrogen-bond donors (Lipinski definition) is 2. The Labute approximate surface area is 193 Å². The molecule has 30 heavy (non-hydrogen) atoms. The van der Waals surface area contributed by atoms with Crippen LogP contribution in [0.25, 0.3) is 0 Å². The van der Waals surface area contributed by atoms with Crippen molar-refractivity contribution in [3.63, 3.8) is 0 Å². The van der Waals surface area contributed by atoms with Crippen LogP contribution in [0.3, 0.4) is 0 Å². The Kier molecular flexibility index (Phi) is 9.46. The highest BCUT2D eigenvalue weighted by Crippen LogP contribution is 2.15. The molecule has 0 unspecified atom stereocenters. The molecule has 0 amide bonds. The van der Waals surface area contributed by atoms with Crippen molar-refractivity contribution >= 4 is 29.9 Å². The maximum Gasteiger partial charge on any atom is 0.191 e. The molecule has 0 spiro atoms. The summed E-state index contributed by atoms with van der Waals surface area (Å²) >= 11 is 0. The molecule has 0 aliphatic carbocycles. The Morgan fingerprint density at radius 1 is 1.17 bits per heavy atom. The van der Waals surface area contributed by atoms with E-state index in [9.17, 15) is 8.78 Å². The zero-order valence-corrected chi connectivity index (χ0v) is 19.2. The van der Waals surface area contributed by atoms with Gasteiger partial charge in [-0.3, -0.25) is 9.89 Å². The standard InChI is InChI=1S/C22H25F2N5.HI/c1-26-22(27-14-18-5-2-17(13-25)12-21(18)24)28-20-8-10-29(11-9-20)15-16-3-6-19(23)7-4-16;/h2-7,12,20H,8-11,14-15H2,1H3,(H2,26,27,28);1H. The highest BCUT2D eigenvalue weighted by Gasteiger charge is 2.20. The number of benzene rings is 2. The Balaban J connectivity index is 0.00000320. The van der Waals surface area contributed by atoms with E-state index in [-0.39, 0.29) is 35.8 Å². The normalized spacial score (nSPS) is 15.2. The van der Waals surface area contributed by atoms with E-state index >= 15 is 0 Å². The fourth-order valence-corrected chi connectivity index (χ4v) is 3.41. The van der Waals surface area contributed by atoms with E-state index in [4.69, 9.17) is 5.26 Å². The third-order valence-electron chi connectivity index (χ3n) is 5.10. The summed E-state index contributed by atoms with van der Waals surface area (Å²) in [5.41, 5.74) is 1.90. The first-order valence-corrected chi connectivity index (χ1v) is 9.70. The van der Waals surface area contributed by atoms with Gasteiger partial charge in [-0.1, -0.05) is 18.2 Å². The maximum absolute atomic E-state index is 14.0. The van der Waals surface area contributed by atoms with E-state index in [1.165, 1.54) is 18.2 Å². The summed E-state index contributed by atoms with van der Waals surface area (Å²) in [4.78, 5) is 6.58. The molecule has 1 saturated heterocycles. The van der Waals surface area contributed by atoms with E-state index < -0.39 is 5.82 Å². The molecule has 0 saturated carbocycles.